The molecule has 0 bridgehead atoms. The zero-order valence-corrected chi connectivity index (χ0v) is 10.7. The number of nitrogens with two attached hydrogens (primary N) is 2. The van der Waals surface area contributed by atoms with Crippen LogP contribution < -0.4 is 11.5 Å². The molecule has 0 aliphatic carbocycles. The lowest BCUT2D eigenvalue weighted by Gasteiger charge is -2.32. The number of allylic oxidation sites excluding steroid dienone is 1. The SMILES string of the molecule is NC1=CN(N2CN=NC(c3ccc(N)cn3)=N2)CC=C1. The van der Waals surface area contributed by atoms with Crippen molar-refractivity contribution in [3.8, 4) is 0 Å². The van der Waals surface area contributed by atoms with Gasteiger partial charge in [0.1, 0.15) is 5.69 Å². The molecule has 1 aromatic heterocycles. The van der Waals surface area contributed by atoms with Gasteiger partial charge in [-0.2, -0.15) is 10.2 Å². The Morgan fingerprint density at radius 1 is 1.20 bits per heavy atom. The number of hydrazone groups is 1. The Bertz CT molecular complexity index is 613. The third-order valence-electron chi connectivity index (χ3n) is 2.78. The quantitative estimate of drug-likeness (QED) is 0.819. The van der Waals surface area contributed by atoms with E-state index in [-0.39, 0.29) is 0 Å². The van der Waals surface area contributed by atoms with E-state index in [0.29, 0.717) is 36.1 Å². The number of nitrogen functional groups attached to an aromatic ring is 1. The normalized spacial score (nSPS) is 18.0. The van der Waals surface area contributed by atoms with Crippen molar-refractivity contribution in [2.45, 2.75) is 0 Å². The molecule has 0 aromatic carbocycles. The first kappa shape index (κ1) is 12.2. The Morgan fingerprint density at radius 2 is 2.10 bits per heavy atom. The van der Waals surface area contributed by atoms with Gasteiger partial charge in [-0.3, -0.25) is 9.99 Å². The van der Waals surface area contributed by atoms with Crippen LogP contribution in [-0.2, 0) is 0 Å². The molecule has 0 radical (unpaired) electrons. The first-order valence-electron chi connectivity index (χ1n) is 6.08. The minimum atomic E-state index is 0.343. The number of rotatable bonds is 2. The van der Waals surface area contributed by atoms with Crippen molar-refractivity contribution in [3.05, 3.63) is 48.1 Å². The van der Waals surface area contributed by atoms with Crippen molar-refractivity contribution < 1.29 is 0 Å². The molecule has 20 heavy (non-hydrogen) atoms. The van der Waals surface area contributed by atoms with Crippen molar-refractivity contribution in [2.24, 2.45) is 21.1 Å². The summed E-state index contributed by atoms with van der Waals surface area (Å²) >= 11 is 0. The van der Waals surface area contributed by atoms with Crippen LogP contribution in [0.2, 0.25) is 0 Å². The summed E-state index contributed by atoms with van der Waals surface area (Å²) in [5.41, 5.74) is 13.3. The van der Waals surface area contributed by atoms with Crippen molar-refractivity contribution in [1.82, 2.24) is 15.1 Å². The van der Waals surface area contributed by atoms with Crippen molar-refractivity contribution in [3.63, 3.8) is 0 Å². The van der Waals surface area contributed by atoms with Crippen LogP contribution in [-0.4, -0.2) is 34.2 Å². The minimum Gasteiger partial charge on any atom is -0.398 e. The second kappa shape index (κ2) is 5.00. The Hall–Kier alpha value is -2.90. The first-order chi connectivity index (χ1) is 9.72. The second-order valence-corrected chi connectivity index (χ2v) is 4.31. The van der Waals surface area contributed by atoms with Gasteiger partial charge in [0.25, 0.3) is 0 Å². The van der Waals surface area contributed by atoms with Gasteiger partial charge in [0.2, 0.25) is 5.84 Å². The van der Waals surface area contributed by atoms with Gasteiger partial charge in [-0.05, 0) is 18.2 Å². The van der Waals surface area contributed by atoms with Gasteiger partial charge >= 0.3 is 0 Å². The molecule has 0 unspecified atom stereocenters. The molecule has 2 aliphatic rings. The summed E-state index contributed by atoms with van der Waals surface area (Å²) < 4.78 is 0. The Kier molecular flexibility index (Phi) is 3.04. The van der Waals surface area contributed by atoms with Gasteiger partial charge in [0.05, 0.1) is 18.4 Å². The van der Waals surface area contributed by atoms with E-state index in [9.17, 15) is 0 Å². The molecular weight excluding hydrogens is 256 g/mol. The third-order valence-corrected chi connectivity index (χ3v) is 2.78. The number of amidine groups is 1. The maximum absolute atomic E-state index is 5.77. The number of nitrogens with zero attached hydrogens (tertiary/aromatic N) is 6. The Labute approximate surface area is 115 Å². The highest BCUT2D eigenvalue weighted by atomic mass is 15.8. The van der Waals surface area contributed by atoms with Crippen molar-refractivity contribution in [2.75, 3.05) is 18.9 Å². The predicted molar refractivity (Wildman–Crippen MR) is 74.9 cm³/mol. The van der Waals surface area contributed by atoms with E-state index in [1.807, 2.05) is 17.2 Å². The molecule has 0 saturated carbocycles. The predicted octanol–water partition coefficient (Wildman–Crippen LogP) is 0.638. The molecule has 4 N–H and O–H groups in total. The number of hydrazine groups is 1. The summed E-state index contributed by atoms with van der Waals surface area (Å²) in [6.07, 6.45) is 7.18. The Balaban J connectivity index is 1.84. The third kappa shape index (κ3) is 2.44. The van der Waals surface area contributed by atoms with Crippen LogP contribution in [0.15, 0.2) is 57.7 Å². The molecule has 0 spiro atoms. The number of hydrogen-bond acceptors (Lipinski definition) is 8. The largest absolute Gasteiger partial charge is 0.398 e. The summed E-state index contributed by atoms with van der Waals surface area (Å²) in [5, 5.41) is 16.1. The lowest BCUT2D eigenvalue weighted by atomic mass is 10.3. The highest BCUT2D eigenvalue weighted by Crippen LogP contribution is 2.13. The molecular formula is C12H14N8. The summed E-state index contributed by atoms with van der Waals surface area (Å²) in [6, 6.07) is 3.51. The standard InChI is InChI=1S/C12H14N8/c13-9-3-4-11(15-6-9)12-17-16-8-20(18-12)19-5-1-2-10(14)7-19/h1-4,6-7H,5,8,13-14H2. The van der Waals surface area contributed by atoms with Crippen LogP contribution in [0.4, 0.5) is 5.69 Å². The minimum absolute atomic E-state index is 0.343. The monoisotopic (exact) mass is 270 g/mol. The fraction of sp³-hybridized carbons (Fsp3) is 0.167. The lowest BCUT2D eigenvalue weighted by Crippen LogP contribution is -2.39. The van der Waals surface area contributed by atoms with Gasteiger partial charge in [-0.1, -0.05) is 6.08 Å². The fourth-order valence-electron chi connectivity index (χ4n) is 1.82. The smallest absolute Gasteiger partial charge is 0.221 e. The van der Waals surface area contributed by atoms with Crippen molar-refractivity contribution >= 4 is 11.5 Å². The number of aromatic nitrogens is 1. The van der Waals surface area contributed by atoms with E-state index in [1.165, 1.54) is 0 Å². The summed E-state index contributed by atoms with van der Waals surface area (Å²) in [6.45, 7) is 1.03. The van der Waals surface area contributed by atoms with Crippen LogP contribution in [0.5, 0.6) is 0 Å². The van der Waals surface area contributed by atoms with Crippen LogP contribution in [0, 0.1) is 0 Å². The topological polar surface area (TPSA) is 108 Å². The number of pyridine rings is 1. The van der Waals surface area contributed by atoms with Crippen molar-refractivity contribution in [1.29, 1.82) is 0 Å². The molecule has 102 valence electrons. The van der Waals surface area contributed by atoms with E-state index in [4.69, 9.17) is 11.5 Å². The van der Waals surface area contributed by atoms with Gasteiger partial charge in [0.15, 0.2) is 6.67 Å². The number of hydrogen-bond donors (Lipinski definition) is 2. The van der Waals surface area contributed by atoms with Crippen LogP contribution in [0.1, 0.15) is 5.69 Å². The van der Waals surface area contributed by atoms with E-state index in [2.05, 4.69) is 20.3 Å². The van der Waals surface area contributed by atoms with Gasteiger partial charge < -0.3 is 11.5 Å². The van der Waals surface area contributed by atoms with Gasteiger partial charge in [0, 0.05) is 11.9 Å². The highest BCUT2D eigenvalue weighted by Gasteiger charge is 2.17. The summed E-state index contributed by atoms with van der Waals surface area (Å²) in [4.78, 5) is 4.19. The molecule has 0 fully saturated rings. The molecule has 3 rings (SSSR count). The molecule has 8 nitrogen and oxygen atoms in total. The lowest BCUT2D eigenvalue weighted by molar-refractivity contribution is 0.0315. The Morgan fingerprint density at radius 3 is 2.85 bits per heavy atom. The van der Waals surface area contributed by atoms with Gasteiger partial charge in [-0.15, -0.1) is 10.2 Å². The maximum Gasteiger partial charge on any atom is 0.221 e. The number of azo groups is 1. The second-order valence-electron chi connectivity index (χ2n) is 4.31. The molecule has 3 heterocycles. The first-order valence-corrected chi connectivity index (χ1v) is 6.08. The average molecular weight is 270 g/mol. The van der Waals surface area contributed by atoms with E-state index < -0.39 is 0 Å². The van der Waals surface area contributed by atoms with Crippen LogP contribution in [0.3, 0.4) is 0 Å². The fourth-order valence-corrected chi connectivity index (χ4v) is 1.82. The van der Waals surface area contributed by atoms with Gasteiger partial charge in [-0.25, -0.2) is 0 Å². The molecule has 8 heteroatoms. The van der Waals surface area contributed by atoms with E-state index in [0.717, 1.165) is 0 Å². The van der Waals surface area contributed by atoms with E-state index in [1.54, 1.807) is 29.6 Å². The maximum atomic E-state index is 5.77. The summed E-state index contributed by atoms with van der Waals surface area (Å²) in [7, 11) is 0. The van der Waals surface area contributed by atoms with Crippen LogP contribution >= 0.6 is 0 Å². The zero-order chi connectivity index (χ0) is 13.9. The zero-order valence-electron chi connectivity index (χ0n) is 10.7. The number of anilines is 1. The molecule has 1 aromatic rings. The molecule has 0 atom stereocenters. The summed E-state index contributed by atoms with van der Waals surface area (Å²) in [5.74, 6) is 0.442. The van der Waals surface area contributed by atoms with Crippen LogP contribution in [0.25, 0.3) is 0 Å². The average Bonchev–Trinajstić information content (AvgIpc) is 2.48. The van der Waals surface area contributed by atoms with E-state index >= 15 is 0 Å². The molecule has 0 amide bonds. The molecule has 0 saturated heterocycles. The molecule has 2 aliphatic heterocycles. The highest BCUT2D eigenvalue weighted by molar-refractivity contribution is 5.97.